The number of rotatable bonds is 7. The van der Waals surface area contributed by atoms with Crippen molar-refractivity contribution in [2.75, 3.05) is 24.6 Å². The molecule has 2 fully saturated rings. The van der Waals surface area contributed by atoms with E-state index >= 15 is 0 Å². The fourth-order valence-corrected chi connectivity index (χ4v) is 6.77. The molecule has 3 aromatic rings. The van der Waals surface area contributed by atoms with Gasteiger partial charge in [0.05, 0.1) is 35.7 Å². The van der Waals surface area contributed by atoms with Crippen LogP contribution in [0.2, 0.25) is 0 Å². The van der Waals surface area contributed by atoms with Crippen LogP contribution in [0.5, 0.6) is 5.75 Å². The van der Waals surface area contributed by atoms with Crippen LogP contribution in [0, 0.1) is 6.92 Å². The van der Waals surface area contributed by atoms with E-state index in [0.29, 0.717) is 44.5 Å². The van der Waals surface area contributed by atoms with Crippen molar-refractivity contribution in [2.45, 2.75) is 44.8 Å². The highest BCUT2D eigenvalue weighted by molar-refractivity contribution is 7.91. The zero-order valence-corrected chi connectivity index (χ0v) is 22.2. The first kappa shape index (κ1) is 26.0. The number of hydrogen-bond donors (Lipinski definition) is 1. The third-order valence-corrected chi connectivity index (χ3v) is 9.08. The average Bonchev–Trinajstić information content (AvgIpc) is 3.52. The van der Waals surface area contributed by atoms with Crippen molar-refractivity contribution < 1.29 is 22.7 Å². The molecule has 10 heteroatoms. The Balaban J connectivity index is 1.21. The molecule has 1 aromatic heterocycles. The summed E-state index contributed by atoms with van der Waals surface area (Å²) in [6, 6.07) is 13.1. The molecule has 0 bridgehead atoms. The summed E-state index contributed by atoms with van der Waals surface area (Å²) < 4.78 is 31.5. The predicted octanol–water partition coefficient (Wildman–Crippen LogP) is 2.93. The lowest BCUT2D eigenvalue weighted by molar-refractivity contribution is -0.132. The van der Waals surface area contributed by atoms with Gasteiger partial charge >= 0.3 is 0 Å². The second-order valence-corrected chi connectivity index (χ2v) is 12.4. The molecule has 1 unspecified atom stereocenters. The lowest BCUT2D eigenvalue weighted by Gasteiger charge is -2.32. The summed E-state index contributed by atoms with van der Waals surface area (Å²) in [5.74, 6) is 0.181. The SMILES string of the molecule is Cc1ccc(CC(=O)N2CCC(Oc3ccc(-c4cnn(C5CCS(=O)(=O)C5)c4)cc3C(N)=O)CC2)cc1. The average molecular weight is 537 g/mol. The molecule has 5 rings (SSSR count). The number of benzene rings is 2. The zero-order chi connectivity index (χ0) is 26.9. The third kappa shape index (κ3) is 5.91. The molecular weight excluding hydrogens is 504 g/mol. The fourth-order valence-electron chi connectivity index (χ4n) is 5.07. The van der Waals surface area contributed by atoms with E-state index in [1.54, 1.807) is 29.2 Å². The summed E-state index contributed by atoms with van der Waals surface area (Å²) in [5, 5.41) is 4.35. The molecule has 2 N–H and O–H groups in total. The number of hydrogen-bond acceptors (Lipinski definition) is 6. The Bertz CT molecular complexity index is 1440. The highest BCUT2D eigenvalue weighted by Gasteiger charge is 2.30. The molecule has 1 atom stereocenters. The Kier molecular flexibility index (Phi) is 7.25. The standard InChI is InChI=1S/C28H32N4O5S/c1-19-2-4-20(5-3-19)14-27(33)31-11-8-24(9-12-31)37-26-7-6-21(15-25(26)28(29)34)22-16-30-32(17-22)23-10-13-38(35,36)18-23/h2-7,15-17,23-24H,8-14,18H2,1H3,(H2,29,34). The normalized spacial score (nSPS) is 19.4. The van der Waals surface area contributed by atoms with Gasteiger partial charge < -0.3 is 15.4 Å². The maximum Gasteiger partial charge on any atom is 0.252 e. The highest BCUT2D eigenvalue weighted by Crippen LogP contribution is 2.30. The summed E-state index contributed by atoms with van der Waals surface area (Å²) in [4.78, 5) is 26.9. The van der Waals surface area contributed by atoms with E-state index in [2.05, 4.69) is 5.10 Å². The Hall–Kier alpha value is -3.66. The van der Waals surface area contributed by atoms with Crippen LogP contribution in [0.1, 0.15) is 46.8 Å². The quantitative estimate of drug-likeness (QED) is 0.495. The fraction of sp³-hybridized carbons (Fsp3) is 0.393. The number of primary amides is 1. The lowest BCUT2D eigenvalue weighted by atomic mass is 10.0. The van der Waals surface area contributed by atoms with E-state index in [1.165, 1.54) is 5.56 Å². The molecule has 2 saturated heterocycles. The number of amides is 2. The smallest absolute Gasteiger partial charge is 0.252 e. The molecule has 2 aliphatic heterocycles. The van der Waals surface area contributed by atoms with Crippen molar-refractivity contribution in [1.29, 1.82) is 0 Å². The third-order valence-electron chi connectivity index (χ3n) is 7.33. The van der Waals surface area contributed by atoms with Gasteiger partial charge in [0.15, 0.2) is 9.84 Å². The van der Waals surface area contributed by atoms with Crippen LogP contribution in [-0.2, 0) is 21.1 Å². The number of piperidine rings is 1. The molecule has 0 aliphatic carbocycles. The number of carbonyl (C=O) groups is 2. The Morgan fingerprint density at radius 2 is 1.79 bits per heavy atom. The van der Waals surface area contributed by atoms with Crippen LogP contribution in [0.25, 0.3) is 11.1 Å². The van der Waals surface area contributed by atoms with Crippen LogP contribution in [0.3, 0.4) is 0 Å². The van der Waals surface area contributed by atoms with Gasteiger partial charge in [-0.25, -0.2) is 8.42 Å². The Labute approximate surface area is 222 Å². The van der Waals surface area contributed by atoms with Gasteiger partial charge in [-0.05, 0) is 36.6 Å². The Morgan fingerprint density at radius 1 is 1.05 bits per heavy atom. The van der Waals surface area contributed by atoms with E-state index in [0.717, 1.165) is 16.7 Å². The topological polar surface area (TPSA) is 125 Å². The molecule has 3 heterocycles. The molecule has 38 heavy (non-hydrogen) atoms. The van der Waals surface area contributed by atoms with Gasteiger partial charge in [-0.2, -0.15) is 5.10 Å². The first-order chi connectivity index (χ1) is 18.2. The number of aromatic nitrogens is 2. The molecular formula is C28H32N4O5S. The number of likely N-dealkylation sites (tertiary alicyclic amines) is 1. The summed E-state index contributed by atoms with van der Waals surface area (Å²) >= 11 is 0. The number of nitrogens with two attached hydrogens (primary N) is 1. The molecule has 2 aliphatic rings. The highest BCUT2D eigenvalue weighted by atomic mass is 32.2. The second-order valence-electron chi connectivity index (χ2n) is 10.2. The van der Waals surface area contributed by atoms with Gasteiger partial charge in [0.2, 0.25) is 5.91 Å². The minimum atomic E-state index is -3.02. The maximum atomic E-state index is 12.7. The van der Waals surface area contributed by atoms with Crippen LogP contribution in [-0.4, -0.2) is 65.6 Å². The number of sulfone groups is 1. The minimum Gasteiger partial charge on any atom is -0.489 e. The lowest BCUT2D eigenvalue weighted by Crippen LogP contribution is -2.42. The van der Waals surface area contributed by atoms with Crippen molar-refractivity contribution in [2.24, 2.45) is 5.73 Å². The van der Waals surface area contributed by atoms with Crippen molar-refractivity contribution in [3.8, 4) is 16.9 Å². The monoisotopic (exact) mass is 536 g/mol. The van der Waals surface area contributed by atoms with Crippen molar-refractivity contribution in [1.82, 2.24) is 14.7 Å². The van der Waals surface area contributed by atoms with Crippen LogP contribution < -0.4 is 10.5 Å². The van der Waals surface area contributed by atoms with Gasteiger partial charge in [-0.15, -0.1) is 0 Å². The van der Waals surface area contributed by atoms with E-state index in [-0.39, 0.29) is 35.1 Å². The summed E-state index contributed by atoms with van der Waals surface area (Å²) in [6.07, 6.45) is 5.58. The van der Waals surface area contributed by atoms with Crippen LogP contribution in [0.4, 0.5) is 0 Å². The first-order valence-electron chi connectivity index (χ1n) is 12.9. The molecule has 0 spiro atoms. The van der Waals surface area contributed by atoms with Crippen LogP contribution in [0.15, 0.2) is 54.9 Å². The van der Waals surface area contributed by atoms with Crippen molar-refractivity contribution >= 4 is 21.7 Å². The van der Waals surface area contributed by atoms with Gasteiger partial charge in [-0.1, -0.05) is 35.9 Å². The van der Waals surface area contributed by atoms with Crippen molar-refractivity contribution in [3.63, 3.8) is 0 Å². The molecule has 0 saturated carbocycles. The molecule has 2 amide bonds. The largest absolute Gasteiger partial charge is 0.489 e. The molecule has 0 radical (unpaired) electrons. The second kappa shape index (κ2) is 10.6. The van der Waals surface area contributed by atoms with Gasteiger partial charge in [0, 0.05) is 37.7 Å². The Morgan fingerprint density at radius 3 is 2.45 bits per heavy atom. The van der Waals surface area contributed by atoms with Gasteiger partial charge in [-0.3, -0.25) is 14.3 Å². The molecule has 9 nitrogen and oxygen atoms in total. The molecule has 200 valence electrons. The number of ether oxygens (including phenoxy) is 1. The molecule has 2 aromatic carbocycles. The summed E-state index contributed by atoms with van der Waals surface area (Å²) in [5.41, 5.74) is 9.64. The van der Waals surface area contributed by atoms with E-state index in [4.69, 9.17) is 10.5 Å². The summed E-state index contributed by atoms with van der Waals surface area (Å²) in [7, 11) is -3.02. The minimum absolute atomic E-state index is 0.0871. The van der Waals surface area contributed by atoms with Gasteiger partial charge in [0.25, 0.3) is 5.91 Å². The number of nitrogens with zero attached hydrogens (tertiary/aromatic N) is 3. The van der Waals surface area contributed by atoms with Crippen molar-refractivity contribution in [3.05, 3.63) is 71.5 Å². The van der Waals surface area contributed by atoms with E-state index < -0.39 is 15.7 Å². The maximum absolute atomic E-state index is 12.7. The van der Waals surface area contributed by atoms with Gasteiger partial charge in [0.1, 0.15) is 11.9 Å². The number of carbonyl (C=O) groups excluding carboxylic acids is 2. The zero-order valence-electron chi connectivity index (χ0n) is 21.4. The van der Waals surface area contributed by atoms with E-state index in [9.17, 15) is 18.0 Å². The van der Waals surface area contributed by atoms with Crippen LogP contribution >= 0.6 is 0 Å². The predicted molar refractivity (Wildman–Crippen MR) is 144 cm³/mol. The summed E-state index contributed by atoms with van der Waals surface area (Å²) in [6.45, 7) is 3.21. The first-order valence-corrected chi connectivity index (χ1v) is 14.7. The van der Waals surface area contributed by atoms with E-state index in [1.807, 2.05) is 42.2 Å². The number of aryl methyl sites for hydroxylation is 1.